The molecule has 0 saturated carbocycles. The minimum Gasteiger partial charge on any atom is -0.494 e. The molecule has 0 radical (unpaired) electrons. The molecule has 0 aliphatic carbocycles. The van der Waals surface area contributed by atoms with E-state index in [1.807, 2.05) is 72.2 Å². The molecule has 9 nitrogen and oxygen atoms in total. The van der Waals surface area contributed by atoms with E-state index < -0.39 is 23.3 Å². The van der Waals surface area contributed by atoms with Crippen molar-refractivity contribution < 1.29 is 19.1 Å². The zero-order valence-electron chi connectivity index (χ0n) is 23.1. The van der Waals surface area contributed by atoms with Crippen LogP contribution in [0.3, 0.4) is 0 Å². The summed E-state index contributed by atoms with van der Waals surface area (Å²) in [7, 11) is 0. The molecule has 3 atom stereocenters. The van der Waals surface area contributed by atoms with Crippen molar-refractivity contribution in [3.8, 4) is 5.75 Å². The quantitative estimate of drug-likeness (QED) is 0.430. The SMILES string of the molecule is CCOc1ccc(C[C@@]2(CN3C[C@H]4C[C@H](C3)c3cccc(=O)n3C4)C(=O)NC(=O)N(Cc3ccccc3)C2=O)cc1. The summed E-state index contributed by atoms with van der Waals surface area (Å²) in [5.41, 5.74) is 1.11. The summed E-state index contributed by atoms with van der Waals surface area (Å²) >= 11 is 0. The van der Waals surface area contributed by atoms with Crippen LogP contribution in [0.1, 0.15) is 36.1 Å². The third-order valence-electron chi connectivity index (χ3n) is 8.53. The average Bonchev–Trinajstić information content (AvgIpc) is 2.96. The highest BCUT2D eigenvalue weighted by Crippen LogP contribution is 2.38. The van der Waals surface area contributed by atoms with Crippen LogP contribution in [0.15, 0.2) is 77.6 Å². The number of nitrogens with one attached hydrogen (secondary N) is 1. The standard InChI is InChI=1S/C32H34N4O5/c1-2-41-26-13-11-22(12-14-26)16-32(29(38)33-31(40)36(30(32)39)18-23-7-4-3-5-8-23)21-34-17-24-15-25(20-34)27-9-6-10-28(37)35(27)19-24/h3-14,24-25H,2,15-21H2,1H3,(H,33,38,40)/t24-,25-,32-/m1/s1. The van der Waals surface area contributed by atoms with Gasteiger partial charge in [-0.15, -0.1) is 0 Å². The number of aromatic nitrogens is 1. The Balaban J connectivity index is 1.34. The van der Waals surface area contributed by atoms with Gasteiger partial charge in [-0.3, -0.25) is 24.6 Å². The number of imide groups is 2. The number of hydrogen-bond donors (Lipinski definition) is 1. The van der Waals surface area contributed by atoms with Gasteiger partial charge < -0.3 is 14.2 Å². The molecular formula is C32H34N4O5. The summed E-state index contributed by atoms with van der Waals surface area (Å²) in [6.45, 7) is 4.60. The lowest BCUT2D eigenvalue weighted by Gasteiger charge is -2.47. The van der Waals surface area contributed by atoms with Crippen LogP contribution >= 0.6 is 0 Å². The third kappa shape index (κ3) is 5.17. The van der Waals surface area contributed by atoms with E-state index in [4.69, 9.17) is 4.74 Å². The number of likely N-dealkylation sites (tertiary alicyclic amines) is 1. The molecule has 1 aromatic heterocycles. The van der Waals surface area contributed by atoms with Gasteiger partial charge in [-0.25, -0.2) is 4.79 Å². The van der Waals surface area contributed by atoms with Gasteiger partial charge in [0.2, 0.25) is 11.8 Å². The maximum atomic E-state index is 14.4. The molecule has 4 heterocycles. The number of fused-ring (bicyclic) bond motifs is 4. The van der Waals surface area contributed by atoms with Crippen LogP contribution < -0.4 is 15.6 Å². The number of piperidine rings is 1. The number of amides is 4. The number of rotatable bonds is 8. The highest BCUT2D eigenvalue weighted by Gasteiger charge is 2.55. The van der Waals surface area contributed by atoms with Gasteiger partial charge in [0.25, 0.3) is 5.56 Å². The predicted octanol–water partition coefficient (Wildman–Crippen LogP) is 3.17. The van der Waals surface area contributed by atoms with Crippen molar-refractivity contribution in [2.45, 2.75) is 38.8 Å². The van der Waals surface area contributed by atoms with Gasteiger partial charge in [-0.05, 0) is 55.0 Å². The van der Waals surface area contributed by atoms with Crippen molar-refractivity contribution >= 4 is 17.8 Å². The highest BCUT2D eigenvalue weighted by atomic mass is 16.5. The molecular weight excluding hydrogens is 520 g/mol. The van der Waals surface area contributed by atoms with Gasteiger partial charge in [0.1, 0.15) is 11.2 Å². The van der Waals surface area contributed by atoms with Crippen molar-refractivity contribution in [2.24, 2.45) is 11.3 Å². The third-order valence-corrected chi connectivity index (χ3v) is 8.53. The van der Waals surface area contributed by atoms with E-state index >= 15 is 0 Å². The zero-order chi connectivity index (χ0) is 28.6. The lowest BCUT2D eigenvalue weighted by molar-refractivity contribution is -0.154. The molecule has 3 aliphatic heterocycles. The van der Waals surface area contributed by atoms with Crippen molar-refractivity contribution in [2.75, 3.05) is 26.2 Å². The van der Waals surface area contributed by atoms with E-state index in [0.29, 0.717) is 32.0 Å². The first-order valence-corrected chi connectivity index (χ1v) is 14.2. The van der Waals surface area contributed by atoms with Gasteiger partial charge in [0, 0.05) is 43.9 Å². The Hall–Kier alpha value is -4.24. The molecule has 0 unspecified atom stereocenters. The first-order chi connectivity index (χ1) is 19.9. The lowest BCUT2D eigenvalue weighted by Crippen LogP contribution is -2.67. The Labute approximate surface area is 238 Å². The molecule has 1 N–H and O–H groups in total. The first kappa shape index (κ1) is 27.0. The van der Waals surface area contributed by atoms with Crippen molar-refractivity contribution in [1.82, 2.24) is 19.7 Å². The molecule has 212 valence electrons. The number of benzene rings is 2. The van der Waals surface area contributed by atoms with Crippen molar-refractivity contribution in [3.63, 3.8) is 0 Å². The summed E-state index contributed by atoms with van der Waals surface area (Å²) in [5, 5.41) is 2.52. The van der Waals surface area contributed by atoms with Crippen molar-refractivity contribution in [1.29, 1.82) is 0 Å². The van der Waals surface area contributed by atoms with Crippen LogP contribution in [0.25, 0.3) is 0 Å². The largest absolute Gasteiger partial charge is 0.494 e. The summed E-state index contributed by atoms with van der Waals surface area (Å²) in [4.78, 5) is 57.0. The number of ether oxygens (including phenoxy) is 1. The van der Waals surface area contributed by atoms with E-state index in [1.54, 1.807) is 12.1 Å². The second kappa shape index (κ2) is 11.0. The summed E-state index contributed by atoms with van der Waals surface area (Å²) in [6.07, 6.45) is 1.11. The van der Waals surface area contributed by atoms with Crippen LogP contribution in [0.2, 0.25) is 0 Å². The van der Waals surface area contributed by atoms with E-state index in [0.717, 1.165) is 23.2 Å². The monoisotopic (exact) mass is 554 g/mol. The Kier molecular flexibility index (Phi) is 7.21. The van der Waals surface area contributed by atoms with Crippen LogP contribution in [0, 0.1) is 11.3 Å². The van der Waals surface area contributed by atoms with E-state index in [2.05, 4.69) is 10.2 Å². The molecule has 2 bridgehead atoms. The van der Waals surface area contributed by atoms with E-state index in [9.17, 15) is 19.2 Å². The molecule has 3 aliphatic rings. The Morgan fingerprint density at radius 2 is 1.66 bits per heavy atom. The second-order valence-corrected chi connectivity index (χ2v) is 11.4. The number of carbonyl (C=O) groups excluding carboxylic acids is 3. The minimum absolute atomic E-state index is 0.00882. The highest BCUT2D eigenvalue weighted by molar-refractivity contribution is 6.19. The maximum Gasteiger partial charge on any atom is 0.331 e. The molecule has 41 heavy (non-hydrogen) atoms. The van der Waals surface area contributed by atoms with Crippen LogP contribution in [0.5, 0.6) is 5.75 Å². The Bertz CT molecular complexity index is 1520. The molecule has 4 amide bonds. The van der Waals surface area contributed by atoms with Gasteiger partial charge in [0.15, 0.2) is 0 Å². The number of pyridine rings is 1. The van der Waals surface area contributed by atoms with Crippen LogP contribution in [-0.4, -0.2) is 58.5 Å². The van der Waals surface area contributed by atoms with E-state index in [-0.39, 0.29) is 36.9 Å². The predicted molar refractivity (Wildman–Crippen MR) is 152 cm³/mol. The summed E-state index contributed by atoms with van der Waals surface area (Å²) in [5.74, 6) is 0.00757. The lowest BCUT2D eigenvalue weighted by atomic mass is 9.75. The molecule has 9 heteroatoms. The number of hydrogen-bond acceptors (Lipinski definition) is 6. The number of urea groups is 1. The molecule has 2 saturated heterocycles. The number of carbonyl (C=O) groups is 3. The van der Waals surface area contributed by atoms with Crippen molar-refractivity contribution in [3.05, 3.63) is 100.0 Å². The summed E-state index contributed by atoms with van der Waals surface area (Å²) in [6, 6.07) is 21.4. The van der Waals surface area contributed by atoms with Gasteiger partial charge in [0.05, 0.1) is 13.2 Å². The number of barbiturate groups is 1. The smallest absolute Gasteiger partial charge is 0.331 e. The van der Waals surface area contributed by atoms with Gasteiger partial charge in [-0.1, -0.05) is 48.5 Å². The zero-order valence-corrected chi connectivity index (χ0v) is 23.1. The fourth-order valence-electron chi connectivity index (χ4n) is 6.72. The average molecular weight is 555 g/mol. The van der Waals surface area contributed by atoms with Gasteiger partial charge in [-0.2, -0.15) is 0 Å². The Morgan fingerprint density at radius 3 is 2.41 bits per heavy atom. The topological polar surface area (TPSA) is 101 Å². The molecule has 6 rings (SSSR count). The summed E-state index contributed by atoms with van der Waals surface area (Å²) < 4.78 is 7.45. The van der Waals surface area contributed by atoms with E-state index in [1.165, 1.54) is 4.90 Å². The minimum atomic E-state index is -1.50. The fraction of sp³-hybridized carbons (Fsp3) is 0.375. The molecule has 2 aromatic carbocycles. The number of nitrogens with zero attached hydrogens (tertiary/aromatic N) is 3. The molecule has 2 fully saturated rings. The first-order valence-electron chi connectivity index (χ1n) is 14.2. The maximum absolute atomic E-state index is 14.4. The molecule has 3 aromatic rings. The van der Waals surface area contributed by atoms with Crippen LogP contribution in [-0.2, 0) is 29.1 Å². The fourth-order valence-corrected chi connectivity index (χ4v) is 6.72. The molecule has 0 spiro atoms. The second-order valence-electron chi connectivity index (χ2n) is 11.4. The van der Waals surface area contributed by atoms with Gasteiger partial charge >= 0.3 is 6.03 Å². The normalized spacial score (nSPS) is 24.1. The Morgan fingerprint density at radius 1 is 0.878 bits per heavy atom. The van der Waals surface area contributed by atoms with Crippen LogP contribution in [0.4, 0.5) is 4.79 Å².